The summed E-state index contributed by atoms with van der Waals surface area (Å²) in [7, 11) is 1.83. The number of likely N-dealkylation sites (N-methyl/N-ethyl adjacent to an activating group) is 1. The van der Waals surface area contributed by atoms with Crippen LogP contribution < -0.4 is 0 Å². The van der Waals surface area contributed by atoms with Crippen molar-refractivity contribution in [1.82, 2.24) is 14.9 Å². The van der Waals surface area contributed by atoms with Gasteiger partial charge in [-0.05, 0) is 18.4 Å². The SMILES string of the molecule is Cc1cnc(CN(C)C(=O)C(c2ccccc2)C(C)C)[nH]1. The lowest BCUT2D eigenvalue weighted by Crippen LogP contribution is -2.34. The third kappa shape index (κ3) is 3.72. The molecule has 1 aromatic heterocycles. The summed E-state index contributed by atoms with van der Waals surface area (Å²) in [4.78, 5) is 22.0. The number of rotatable bonds is 5. The van der Waals surface area contributed by atoms with Gasteiger partial charge in [-0.25, -0.2) is 4.98 Å². The molecule has 0 saturated heterocycles. The molecule has 112 valence electrons. The second-order valence-corrected chi connectivity index (χ2v) is 5.84. The van der Waals surface area contributed by atoms with Crippen LogP contribution in [0, 0.1) is 12.8 Å². The smallest absolute Gasteiger partial charge is 0.230 e. The molecule has 0 saturated carbocycles. The summed E-state index contributed by atoms with van der Waals surface area (Å²) < 4.78 is 0. The van der Waals surface area contributed by atoms with Crippen LogP contribution in [0.25, 0.3) is 0 Å². The second kappa shape index (κ2) is 6.57. The Morgan fingerprint density at radius 1 is 1.29 bits per heavy atom. The zero-order chi connectivity index (χ0) is 15.4. The van der Waals surface area contributed by atoms with E-state index < -0.39 is 0 Å². The van der Waals surface area contributed by atoms with Gasteiger partial charge in [0.15, 0.2) is 0 Å². The Labute approximate surface area is 126 Å². The maximum absolute atomic E-state index is 12.8. The molecular weight excluding hydrogens is 262 g/mol. The summed E-state index contributed by atoms with van der Waals surface area (Å²) in [6.07, 6.45) is 1.78. The highest BCUT2D eigenvalue weighted by Crippen LogP contribution is 2.26. The number of hydrogen-bond donors (Lipinski definition) is 1. The van der Waals surface area contributed by atoms with Gasteiger partial charge in [-0.3, -0.25) is 4.79 Å². The number of hydrogen-bond acceptors (Lipinski definition) is 2. The van der Waals surface area contributed by atoms with E-state index in [1.54, 1.807) is 11.1 Å². The van der Waals surface area contributed by atoms with Crippen LogP contribution >= 0.6 is 0 Å². The van der Waals surface area contributed by atoms with E-state index in [2.05, 4.69) is 23.8 Å². The highest BCUT2D eigenvalue weighted by atomic mass is 16.2. The van der Waals surface area contributed by atoms with Gasteiger partial charge in [0.05, 0.1) is 12.5 Å². The number of nitrogens with zero attached hydrogens (tertiary/aromatic N) is 2. The molecule has 1 amide bonds. The molecule has 1 aromatic carbocycles. The third-order valence-electron chi connectivity index (χ3n) is 3.61. The summed E-state index contributed by atoms with van der Waals surface area (Å²) in [6.45, 7) is 6.63. The van der Waals surface area contributed by atoms with E-state index in [1.165, 1.54) is 0 Å². The Morgan fingerprint density at radius 3 is 2.48 bits per heavy atom. The fourth-order valence-corrected chi connectivity index (χ4v) is 2.56. The zero-order valence-electron chi connectivity index (χ0n) is 13.1. The van der Waals surface area contributed by atoms with Gasteiger partial charge in [-0.15, -0.1) is 0 Å². The highest BCUT2D eigenvalue weighted by molar-refractivity contribution is 5.83. The normalized spacial score (nSPS) is 12.4. The number of nitrogens with one attached hydrogen (secondary N) is 1. The van der Waals surface area contributed by atoms with Crippen LogP contribution in [0.2, 0.25) is 0 Å². The summed E-state index contributed by atoms with van der Waals surface area (Å²) in [5.41, 5.74) is 2.08. The Balaban J connectivity index is 2.15. The molecule has 21 heavy (non-hydrogen) atoms. The molecule has 1 unspecified atom stereocenters. The largest absolute Gasteiger partial charge is 0.345 e. The molecule has 0 aliphatic carbocycles. The number of amides is 1. The molecule has 4 heteroatoms. The van der Waals surface area contributed by atoms with Gasteiger partial charge in [0.2, 0.25) is 5.91 Å². The van der Waals surface area contributed by atoms with E-state index in [0.29, 0.717) is 6.54 Å². The van der Waals surface area contributed by atoms with Gasteiger partial charge in [0, 0.05) is 18.9 Å². The van der Waals surface area contributed by atoms with Crippen LogP contribution in [0.15, 0.2) is 36.5 Å². The van der Waals surface area contributed by atoms with Crippen LogP contribution in [-0.2, 0) is 11.3 Å². The van der Waals surface area contributed by atoms with Crippen LogP contribution in [0.3, 0.4) is 0 Å². The molecule has 0 aliphatic heterocycles. The minimum absolute atomic E-state index is 0.118. The second-order valence-electron chi connectivity index (χ2n) is 5.84. The van der Waals surface area contributed by atoms with E-state index in [4.69, 9.17) is 0 Å². The summed E-state index contributed by atoms with van der Waals surface area (Å²) in [6, 6.07) is 9.98. The molecular formula is C17H23N3O. The maximum Gasteiger partial charge on any atom is 0.230 e. The first-order valence-electron chi connectivity index (χ1n) is 7.29. The highest BCUT2D eigenvalue weighted by Gasteiger charge is 2.27. The van der Waals surface area contributed by atoms with Crippen LogP contribution in [0.4, 0.5) is 0 Å². The average Bonchev–Trinajstić information content (AvgIpc) is 2.85. The predicted octanol–water partition coefficient (Wildman–Crippen LogP) is 3.12. The third-order valence-corrected chi connectivity index (χ3v) is 3.61. The van der Waals surface area contributed by atoms with Crippen molar-refractivity contribution in [3.63, 3.8) is 0 Å². The average molecular weight is 285 g/mol. The fraction of sp³-hybridized carbons (Fsp3) is 0.412. The van der Waals surface area contributed by atoms with Gasteiger partial charge >= 0.3 is 0 Å². The molecule has 2 rings (SSSR count). The lowest BCUT2D eigenvalue weighted by Gasteiger charge is -2.26. The predicted molar refractivity (Wildman–Crippen MR) is 83.8 cm³/mol. The lowest BCUT2D eigenvalue weighted by molar-refractivity contribution is -0.133. The standard InChI is InChI=1S/C17H23N3O/c1-12(2)16(14-8-6-5-7-9-14)17(21)20(4)11-15-18-10-13(3)19-15/h5-10,12,16H,11H2,1-4H3,(H,18,19). The first-order valence-corrected chi connectivity index (χ1v) is 7.29. The quantitative estimate of drug-likeness (QED) is 0.917. The van der Waals surface area contributed by atoms with Gasteiger partial charge in [0.25, 0.3) is 0 Å². The molecule has 1 N–H and O–H groups in total. The molecule has 0 spiro atoms. The minimum Gasteiger partial charge on any atom is -0.345 e. The van der Waals surface area contributed by atoms with Crippen molar-refractivity contribution in [2.45, 2.75) is 33.2 Å². The van der Waals surface area contributed by atoms with Gasteiger partial charge in [0.1, 0.15) is 5.82 Å². The summed E-state index contributed by atoms with van der Waals surface area (Å²) in [5.74, 6) is 1.08. The van der Waals surface area contributed by atoms with Crippen molar-refractivity contribution < 1.29 is 4.79 Å². The van der Waals surface area contributed by atoms with Gasteiger partial charge in [-0.1, -0.05) is 44.2 Å². The maximum atomic E-state index is 12.8. The number of aryl methyl sites for hydroxylation is 1. The van der Waals surface area contributed by atoms with Crippen LogP contribution in [0.1, 0.15) is 36.8 Å². The first-order chi connectivity index (χ1) is 9.99. The summed E-state index contributed by atoms with van der Waals surface area (Å²) in [5, 5.41) is 0. The van der Waals surface area contributed by atoms with Crippen molar-refractivity contribution in [3.05, 3.63) is 53.6 Å². The Morgan fingerprint density at radius 2 is 1.95 bits per heavy atom. The molecule has 4 nitrogen and oxygen atoms in total. The molecule has 0 radical (unpaired) electrons. The van der Waals surface area contributed by atoms with Crippen molar-refractivity contribution in [3.8, 4) is 0 Å². The number of benzene rings is 1. The Hall–Kier alpha value is -2.10. The molecule has 0 fully saturated rings. The van der Waals surface area contributed by atoms with Crippen molar-refractivity contribution in [2.24, 2.45) is 5.92 Å². The Kier molecular flexibility index (Phi) is 4.78. The van der Waals surface area contributed by atoms with E-state index >= 15 is 0 Å². The fourth-order valence-electron chi connectivity index (χ4n) is 2.56. The number of imidazole rings is 1. The van der Waals surface area contributed by atoms with E-state index in [1.807, 2.05) is 44.3 Å². The van der Waals surface area contributed by atoms with E-state index in [0.717, 1.165) is 17.1 Å². The molecule has 1 heterocycles. The van der Waals surface area contributed by atoms with Crippen molar-refractivity contribution in [2.75, 3.05) is 7.05 Å². The topological polar surface area (TPSA) is 49.0 Å². The number of carbonyl (C=O) groups excluding carboxylic acids is 1. The molecule has 1 atom stereocenters. The number of carbonyl (C=O) groups is 1. The summed E-state index contributed by atoms with van der Waals surface area (Å²) >= 11 is 0. The lowest BCUT2D eigenvalue weighted by atomic mass is 9.87. The number of aromatic amines is 1. The first kappa shape index (κ1) is 15.3. The van der Waals surface area contributed by atoms with Gasteiger partial charge < -0.3 is 9.88 Å². The van der Waals surface area contributed by atoms with E-state index in [9.17, 15) is 4.79 Å². The minimum atomic E-state index is -0.118. The van der Waals surface area contributed by atoms with E-state index in [-0.39, 0.29) is 17.7 Å². The number of H-pyrrole nitrogens is 1. The number of aromatic nitrogens is 2. The van der Waals surface area contributed by atoms with Crippen molar-refractivity contribution >= 4 is 5.91 Å². The monoisotopic (exact) mass is 285 g/mol. The van der Waals surface area contributed by atoms with Gasteiger partial charge in [-0.2, -0.15) is 0 Å². The zero-order valence-corrected chi connectivity index (χ0v) is 13.1. The molecule has 0 bridgehead atoms. The van der Waals surface area contributed by atoms with Crippen LogP contribution in [-0.4, -0.2) is 27.8 Å². The molecule has 0 aliphatic rings. The molecule has 2 aromatic rings. The Bertz CT molecular complexity index is 589. The van der Waals surface area contributed by atoms with Crippen LogP contribution in [0.5, 0.6) is 0 Å². The van der Waals surface area contributed by atoms with Crippen molar-refractivity contribution in [1.29, 1.82) is 0 Å².